The molecule has 0 radical (unpaired) electrons. The summed E-state index contributed by atoms with van der Waals surface area (Å²) < 4.78 is 10.9. The minimum atomic E-state index is -1.05. The van der Waals surface area contributed by atoms with Crippen LogP contribution in [0.1, 0.15) is 16.7 Å². The standard InChI is InChI=1S/C24H22N4O4/c25-28-27-23(29)22(26-24(30)32-17-20-9-5-2-6-10-20)15-18-11-13-21(14-12-18)31-16-19-7-3-1-4-8-19/h1-14,22H,15-17H2,(H,26,30)/t22-/m0/s1. The molecule has 32 heavy (non-hydrogen) atoms. The van der Waals surface area contributed by atoms with Crippen molar-refractivity contribution in [3.8, 4) is 5.75 Å². The largest absolute Gasteiger partial charge is 0.489 e. The molecule has 162 valence electrons. The third kappa shape index (κ3) is 7.19. The summed E-state index contributed by atoms with van der Waals surface area (Å²) in [5.74, 6) is -0.126. The van der Waals surface area contributed by atoms with Crippen LogP contribution in [0.3, 0.4) is 0 Å². The van der Waals surface area contributed by atoms with E-state index in [2.05, 4.69) is 15.3 Å². The highest BCUT2D eigenvalue weighted by molar-refractivity contribution is 5.86. The molecule has 0 spiro atoms. The molecule has 1 atom stereocenters. The minimum Gasteiger partial charge on any atom is -0.489 e. The quantitative estimate of drug-likeness (QED) is 0.294. The number of ether oxygens (including phenoxy) is 2. The molecule has 0 bridgehead atoms. The highest BCUT2D eigenvalue weighted by Gasteiger charge is 2.21. The fourth-order valence-corrected chi connectivity index (χ4v) is 2.92. The zero-order valence-corrected chi connectivity index (χ0v) is 17.3. The van der Waals surface area contributed by atoms with Gasteiger partial charge >= 0.3 is 6.09 Å². The number of nitrogens with zero attached hydrogens (tertiary/aromatic N) is 3. The summed E-state index contributed by atoms with van der Waals surface area (Å²) in [7, 11) is 0. The first-order chi connectivity index (χ1) is 15.6. The summed E-state index contributed by atoms with van der Waals surface area (Å²) in [6.07, 6.45) is -0.639. The lowest BCUT2D eigenvalue weighted by atomic mass is 10.1. The van der Waals surface area contributed by atoms with Crippen molar-refractivity contribution >= 4 is 12.0 Å². The first kappa shape index (κ1) is 22.4. The summed E-state index contributed by atoms with van der Waals surface area (Å²) in [5.41, 5.74) is 11.2. The second-order valence-electron chi connectivity index (χ2n) is 6.91. The number of hydrogen-bond acceptors (Lipinski definition) is 4. The SMILES string of the molecule is [N-]=[N+]=NC(=O)[C@H](Cc1ccc(OCc2ccccc2)cc1)NC(=O)OCc1ccccc1. The van der Waals surface area contributed by atoms with E-state index in [1.165, 1.54) is 0 Å². The number of benzene rings is 3. The summed E-state index contributed by atoms with van der Waals surface area (Å²) in [6.45, 7) is 0.496. The number of hydrogen-bond donors (Lipinski definition) is 1. The van der Waals surface area contributed by atoms with Gasteiger partial charge in [0.15, 0.2) is 0 Å². The second kappa shape index (κ2) is 11.8. The molecule has 0 aromatic heterocycles. The maximum absolute atomic E-state index is 12.2. The van der Waals surface area contributed by atoms with Gasteiger partial charge in [0.25, 0.3) is 0 Å². The van der Waals surface area contributed by atoms with Crippen LogP contribution < -0.4 is 10.1 Å². The summed E-state index contributed by atoms with van der Waals surface area (Å²) in [6, 6.07) is 25.0. The van der Waals surface area contributed by atoms with E-state index in [9.17, 15) is 9.59 Å². The predicted octanol–water partition coefficient (Wildman–Crippen LogP) is 4.94. The van der Waals surface area contributed by atoms with Crippen LogP contribution in [0, 0.1) is 0 Å². The van der Waals surface area contributed by atoms with Crippen LogP contribution in [0.2, 0.25) is 0 Å². The van der Waals surface area contributed by atoms with Crippen LogP contribution in [-0.2, 0) is 29.2 Å². The van der Waals surface area contributed by atoms with Crippen molar-refractivity contribution in [2.75, 3.05) is 0 Å². The number of rotatable bonds is 9. The summed E-state index contributed by atoms with van der Waals surface area (Å²) >= 11 is 0. The molecule has 0 unspecified atom stereocenters. The average molecular weight is 430 g/mol. The normalized spacial score (nSPS) is 11.0. The van der Waals surface area contributed by atoms with Gasteiger partial charge < -0.3 is 14.8 Å². The van der Waals surface area contributed by atoms with Crippen LogP contribution in [-0.4, -0.2) is 18.0 Å². The van der Waals surface area contributed by atoms with Crippen LogP contribution in [0.15, 0.2) is 90.0 Å². The van der Waals surface area contributed by atoms with E-state index in [0.717, 1.165) is 16.7 Å². The Balaban J connectivity index is 1.57. The van der Waals surface area contributed by atoms with Gasteiger partial charge in [-0.2, -0.15) is 0 Å². The van der Waals surface area contributed by atoms with Gasteiger partial charge in [0.2, 0.25) is 5.91 Å². The van der Waals surface area contributed by atoms with Crippen LogP contribution in [0.5, 0.6) is 5.75 Å². The van der Waals surface area contributed by atoms with Crippen molar-refractivity contribution in [1.29, 1.82) is 0 Å². The van der Waals surface area contributed by atoms with E-state index in [4.69, 9.17) is 15.0 Å². The van der Waals surface area contributed by atoms with Gasteiger partial charge in [0.05, 0.1) is 0 Å². The zero-order chi connectivity index (χ0) is 22.6. The van der Waals surface area contributed by atoms with E-state index < -0.39 is 18.0 Å². The number of alkyl carbamates (subject to hydrolysis) is 1. The summed E-state index contributed by atoms with van der Waals surface area (Å²) in [4.78, 5) is 26.9. The number of azide groups is 1. The highest BCUT2D eigenvalue weighted by Crippen LogP contribution is 2.16. The maximum Gasteiger partial charge on any atom is 0.408 e. The molecular weight excluding hydrogens is 408 g/mol. The molecule has 0 saturated heterocycles. The van der Waals surface area contributed by atoms with Gasteiger partial charge in [-0.3, -0.25) is 4.79 Å². The second-order valence-corrected chi connectivity index (χ2v) is 6.91. The lowest BCUT2D eigenvalue weighted by Crippen LogP contribution is -2.41. The Morgan fingerprint density at radius 3 is 2.03 bits per heavy atom. The predicted molar refractivity (Wildman–Crippen MR) is 119 cm³/mol. The van der Waals surface area contributed by atoms with Crippen molar-refractivity contribution in [2.24, 2.45) is 5.11 Å². The maximum atomic E-state index is 12.2. The molecule has 0 fully saturated rings. The van der Waals surface area contributed by atoms with E-state index in [0.29, 0.717) is 12.4 Å². The number of carbonyl (C=O) groups excluding carboxylic acids is 2. The van der Waals surface area contributed by atoms with Crippen LogP contribution in [0.25, 0.3) is 10.4 Å². The van der Waals surface area contributed by atoms with Crippen molar-refractivity contribution in [3.63, 3.8) is 0 Å². The van der Waals surface area contributed by atoms with Crippen molar-refractivity contribution < 1.29 is 19.1 Å². The van der Waals surface area contributed by atoms with Crippen LogP contribution in [0.4, 0.5) is 4.79 Å². The number of nitrogens with one attached hydrogen (secondary N) is 1. The Morgan fingerprint density at radius 1 is 0.844 bits per heavy atom. The molecule has 0 heterocycles. The molecule has 3 rings (SSSR count). The van der Waals surface area contributed by atoms with Gasteiger partial charge in [0.1, 0.15) is 25.0 Å². The minimum absolute atomic E-state index is 0.0581. The smallest absolute Gasteiger partial charge is 0.408 e. The molecule has 3 aromatic carbocycles. The van der Waals surface area contributed by atoms with Gasteiger partial charge in [-0.05, 0) is 39.5 Å². The van der Waals surface area contributed by atoms with Gasteiger partial charge in [-0.1, -0.05) is 72.8 Å². The Morgan fingerprint density at radius 2 is 1.44 bits per heavy atom. The van der Waals surface area contributed by atoms with Crippen molar-refractivity contribution in [1.82, 2.24) is 5.32 Å². The first-order valence-electron chi connectivity index (χ1n) is 9.96. The molecule has 1 N–H and O–H groups in total. The third-order valence-corrected chi connectivity index (χ3v) is 4.56. The molecule has 2 amide bonds. The Kier molecular flexibility index (Phi) is 8.25. The van der Waals surface area contributed by atoms with Gasteiger partial charge in [-0.15, -0.1) is 0 Å². The zero-order valence-electron chi connectivity index (χ0n) is 17.3. The fourth-order valence-electron chi connectivity index (χ4n) is 2.92. The average Bonchev–Trinajstić information content (AvgIpc) is 2.83. The third-order valence-electron chi connectivity index (χ3n) is 4.56. The molecule has 3 aromatic rings. The molecule has 0 saturated carbocycles. The first-order valence-corrected chi connectivity index (χ1v) is 9.96. The Hall–Kier alpha value is -4.29. The highest BCUT2D eigenvalue weighted by atomic mass is 16.5. The van der Waals surface area contributed by atoms with Crippen LogP contribution >= 0.6 is 0 Å². The van der Waals surface area contributed by atoms with Gasteiger partial charge in [-0.25, -0.2) is 4.79 Å². The summed E-state index contributed by atoms with van der Waals surface area (Å²) in [5, 5.41) is 5.59. The van der Waals surface area contributed by atoms with Crippen molar-refractivity contribution in [3.05, 3.63) is 112 Å². The molecule has 0 aliphatic heterocycles. The Bertz CT molecular complexity index is 1070. The van der Waals surface area contributed by atoms with E-state index in [1.807, 2.05) is 60.7 Å². The molecule has 8 heteroatoms. The number of amides is 2. The molecule has 8 nitrogen and oxygen atoms in total. The monoisotopic (exact) mass is 430 g/mol. The Labute approximate surface area is 185 Å². The number of carbonyl (C=O) groups is 2. The lowest BCUT2D eigenvalue weighted by Gasteiger charge is -2.16. The van der Waals surface area contributed by atoms with Crippen molar-refractivity contribution in [2.45, 2.75) is 25.7 Å². The molecule has 0 aliphatic carbocycles. The van der Waals surface area contributed by atoms with E-state index >= 15 is 0 Å². The molecule has 0 aliphatic rings. The van der Waals surface area contributed by atoms with E-state index in [-0.39, 0.29) is 13.0 Å². The topological polar surface area (TPSA) is 113 Å². The fraction of sp³-hybridized carbons (Fsp3) is 0.167. The molecular formula is C24H22N4O4. The van der Waals surface area contributed by atoms with Gasteiger partial charge in [0, 0.05) is 11.3 Å². The lowest BCUT2D eigenvalue weighted by molar-refractivity contribution is -0.119. The van der Waals surface area contributed by atoms with E-state index in [1.54, 1.807) is 24.3 Å².